The van der Waals surface area contributed by atoms with Gasteiger partial charge in [0, 0.05) is 5.69 Å². The fourth-order valence-electron chi connectivity index (χ4n) is 1.71. The van der Waals surface area contributed by atoms with Gasteiger partial charge in [-0.05, 0) is 36.5 Å². The Morgan fingerprint density at radius 1 is 1.14 bits per heavy atom. The van der Waals surface area contributed by atoms with Crippen LogP contribution < -0.4 is 10.6 Å². The highest BCUT2D eigenvalue weighted by Crippen LogP contribution is 2.27. The van der Waals surface area contributed by atoms with Crippen LogP contribution >= 0.6 is 0 Å². The summed E-state index contributed by atoms with van der Waals surface area (Å²) >= 11 is 0. The SMILES string of the molecule is CCC(C)(C)c1ccc(NC(=O)NCC(C)(O)C(=O)O)cc1. The second-order valence-corrected chi connectivity index (χ2v) is 6.20. The van der Waals surface area contributed by atoms with Gasteiger partial charge in [0.15, 0.2) is 5.60 Å². The lowest BCUT2D eigenvalue weighted by molar-refractivity contribution is -0.155. The van der Waals surface area contributed by atoms with Crippen molar-refractivity contribution in [1.82, 2.24) is 5.32 Å². The molecule has 0 aliphatic rings. The fourth-order valence-corrected chi connectivity index (χ4v) is 1.71. The molecule has 0 spiro atoms. The van der Waals surface area contributed by atoms with Gasteiger partial charge in [-0.2, -0.15) is 0 Å². The molecule has 2 amide bonds. The molecule has 0 saturated heterocycles. The van der Waals surface area contributed by atoms with Crippen LogP contribution in [-0.4, -0.2) is 34.4 Å². The van der Waals surface area contributed by atoms with E-state index in [9.17, 15) is 14.7 Å². The first-order chi connectivity index (χ1) is 10.1. The van der Waals surface area contributed by atoms with E-state index in [0.29, 0.717) is 5.69 Å². The Bertz CT molecular complexity index is 536. The van der Waals surface area contributed by atoms with Crippen LogP contribution in [-0.2, 0) is 10.2 Å². The molecule has 0 aromatic heterocycles. The molecular formula is C16H24N2O4. The summed E-state index contributed by atoms with van der Waals surface area (Å²) in [5.74, 6) is -1.39. The molecule has 0 heterocycles. The maximum Gasteiger partial charge on any atom is 0.337 e. The summed E-state index contributed by atoms with van der Waals surface area (Å²) in [6, 6.07) is 6.92. The molecule has 1 rings (SSSR count). The number of hydrogen-bond donors (Lipinski definition) is 4. The van der Waals surface area contributed by atoms with E-state index in [1.165, 1.54) is 5.56 Å². The average Bonchev–Trinajstić information content (AvgIpc) is 2.45. The van der Waals surface area contributed by atoms with Crippen molar-refractivity contribution >= 4 is 17.7 Å². The zero-order valence-electron chi connectivity index (χ0n) is 13.4. The Hall–Kier alpha value is -2.08. The molecule has 0 bridgehead atoms. The van der Waals surface area contributed by atoms with Gasteiger partial charge >= 0.3 is 12.0 Å². The number of carboxylic acid groups (broad SMARTS) is 1. The lowest BCUT2D eigenvalue weighted by atomic mass is 9.82. The maximum atomic E-state index is 11.7. The summed E-state index contributed by atoms with van der Waals surface area (Å²) in [5, 5.41) is 23.2. The summed E-state index contributed by atoms with van der Waals surface area (Å²) in [6.45, 7) is 7.16. The molecule has 122 valence electrons. The molecule has 0 fully saturated rings. The number of aliphatic carboxylic acids is 1. The van der Waals surface area contributed by atoms with Crippen molar-refractivity contribution in [2.45, 2.75) is 45.1 Å². The van der Waals surface area contributed by atoms with E-state index in [0.717, 1.165) is 13.3 Å². The Balaban J connectivity index is 2.61. The molecule has 6 heteroatoms. The molecule has 22 heavy (non-hydrogen) atoms. The number of carbonyl (C=O) groups excluding carboxylic acids is 1. The van der Waals surface area contributed by atoms with Gasteiger partial charge in [-0.15, -0.1) is 0 Å². The number of amides is 2. The van der Waals surface area contributed by atoms with Crippen molar-refractivity contribution in [3.05, 3.63) is 29.8 Å². The van der Waals surface area contributed by atoms with Crippen molar-refractivity contribution in [3.8, 4) is 0 Å². The molecule has 4 N–H and O–H groups in total. The lowest BCUT2D eigenvalue weighted by Crippen LogP contribution is -2.47. The summed E-state index contributed by atoms with van der Waals surface area (Å²) in [6.07, 6.45) is 1.00. The van der Waals surface area contributed by atoms with E-state index in [-0.39, 0.29) is 12.0 Å². The van der Waals surface area contributed by atoms with E-state index in [2.05, 4.69) is 31.4 Å². The van der Waals surface area contributed by atoms with Crippen molar-refractivity contribution < 1.29 is 19.8 Å². The Labute approximate surface area is 130 Å². The van der Waals surface area contributed by atoms with Crippen LogP contribution in [0.1, 0.15) is 39.7 Å². The standard InChI is InChI=1S/C16H24N2O4/c1-5-15(2,3)11-6-8-12(9-7-11)18-14(21)17-10-16(4,22)13(19)20/h6-9,22H,5,10H2,1-4H3,(H,19,20)(H2,17,18,21). The molecule has 0 saturated carbocycles. The number of benzene rings is 1. The predicted molar refractivity (Wildman–Crippen MR) is 85.0 cm³/mol. The maximum absolute atomic E-state index is 11.7. The predicted octanol–water partition coefficient (Wildman–Crippen LogP) is 2.33. The second-order valence-electron chi connectivity index (χ2n) is 6.20. The quantitative estimate of drug-likeness (QED) is 0.648. The molecule has 1 atom stereocenters. The first-order valence-corrected chi connectivity index (χ1v) is 7.19. The number of anilines is 1. The molecule has 0 aliphatic heterocycles. The van der Waals surface area contributed by atoms with E-state index >= 15 is 0 Å². The summed E-state index contributed by atoms with van der Waals surface area (Å²) in [4.78, 5) is 22.4. The fraction of sp³-hybridized carbons (Fsp3) is 0.500. The number of urea groups is 1. The first kappa shape index (κ1) is 18.0. The van der Waals surface area contributed by atoms with Crippen LogP contribution in [0.5, 0.6) is 0 Å². The van der Waals surface area contributed by atoms with Gasteiger partial charge < -0.3 is 20.8 Å². The number of hydrogen-bond acceptors (Lipinski definition) is 3. The molecular weight excluding hydrogens is 284 g/mol. The normalized spacial score (nSPS) is 14.0. The van der Waals surface area contributed by atoms with Gasteiger partial charge in [-0.3, -0.25) is 0 Å². The van der Waals surface area contributed by atoms with Crippen molar-refractivity contribution in [2.75, 3.05) is 11.9 Å². The highest BCUT2D eigenvalue weighted by Gasteiger charge is 2.30. The van der Waals surface area contributed by atoms with Gasteiger partial charge in [0.25, 0.3) is 0 Å². The van der Waals surface area contributed by atoms with Gasteiger partial charge in [0.1, 0.15) is 0 Å². The van der Waals surface area contributed by atoms with E-state index in [1.54, 1.807) is 12.1 Å². The molecule has 1 aromatic carbocycles. The average molecular weight is 308 g/mol. The van der Waals surface area contributed by atoms with Crippen LogP contribution in [0.3, 0.4) is 0 Å². The highest BCUT2D eigenvalue weighted by molar-refractivity contribution is 5.89. The number of aliphatic hydroxyl groups is 1. The van der Waals surface area contributed by atoms with Crippen LogP contribution in [0.2, 0.25) is 0 Å². The topological polar surface area (TPSA) is 98.7 Å². The second kappa shape index (κ2) is 6.79. The lowest BCUT2D eigenvalue weighted by Gasteiger charge is -2.23. The Morgan fingerprint density at radius 2 is 1.68 bits per heavy atom. The monoisotopic (exact) mass is 308 g/mol. The van der Waals surface area contributed by atoms with Crippen LogP contribution in [0.25, 0.3) is 0 Å². The van der Waals surface area contributed by atoms with Crippen molar-refractivity contribution in [3.63, 3.8) is 0 Å². The number of carboxylic acids is 1. The summed E-state index contributed by atoms with van der Waals surface area (Å²) in [7, 11) is 0. The molecule has 1 unspecified atom stereocenters. The van der Waals surface area contributed by atoms with Crippen LogP contribution in [0.15, 0.2) is 24.3 Å². The Kier molecular flexibility index (Phi) is 5.54. The van der Waals surface area contributed by atoms with Gasteiger partial charge in [-0.25, -0.2) is 9.59 Å². The molecule has 6 nitrogen and oxygen atoms in total. The Morgan fingerprint density at radius 3 is 2.14 bits per heavy atom. The van der Waals surface area contributed by atoms with E-state index in [4.69, 9.17) is 5.11 Å². The smallest absolute Gasteiger partial charge is 0.337 e. The van der Waals surface area contributed by atoms with Gasteiger partial charge in [-0.1, -0.05) is 32.9 Å². The zero-order chi connectivity index (χ0) is 17.0. The van der Waals surface area contributed by atoms with Crippen LogP contribution in [0, 0.1) is 0 Å². The minimum absolute atomic E-state index is 0.0704. The van der Waals surface area contributed by atoms with Crippen molar-refractivity contribution in [2.24, 2.45) is 0 Å². The number of carbonyl (C=O) groups is 2. The third-order valence-corrected chi connectivity index (χ3v) is 3.86. The minimum atomic E-state index is -1.99. The van der Waals surface area contributed by atoms with E-state index in [1.807, 2.05) is 12.1 Å². The third-order valence-electron chi connectivity index (χ3n) is 3.86. The minimum Gasteiger partial charge on any atom is -0.479 e. The summed E-state index contributed by atoms with van der Waals surface area (Å²) in [5.41, 5.74) is -0.147. The summed E-state index contributed by atoms with van der Waals surface area (Å²) < 4.78 is 0. The third kappa shape index (κ3) is 4.73. The first-order valence-electron chi connectivity index (χ1n) is 7.19. The number of rotatable bonds is 6. The highest BCUT2D eigenvalue weighted by atomic mass is 16.4. The van der Waals surface area contributed by atoms with Gasteiger partial charge in [0.05, 0.1) is 6.54 Å². The largest absolute Gasteiger partial charge is 0.479 e. The van der Waals surface area contributed by atoms with Gasteiger partial charge in [0.2, 0.25) is 0 Å². The molecule has 1 aromatic rings. The molecule has 0 aliphatic carbocycles. The van der Waals surface area contributed by atoms with Crippen molar-refractivity contribution in [1.29, 1.82) is 0 Å². The zero-order valence-corrected chi connectivity index (χ0v) is 13.4. The van der Waals surface area contributed by atoms with E-state index < -0.39 is 17.6 Å². The van der Waals surface area contributed by atoms with Crippen LogP contribution in [0.4, 0.5) is 10.5 Å². The molecule has 0 radical (unpaired) electrons. The number of nitrogens with one attached hydrogen (secondary N) is 2.